The van der Waals surface area contributed by atoms with Gasteiger partial charge >= 0.3 is 0 Å². The maximum atomic E-state index is 12.4. The first-order valence-electron chi connectivity index (χ1n) is 6.29. The van der Waals surface area contributed by atoms with Crippen molar-refractivity contribution in [3.8, 4) is 5.75 Å². The molecule has 5 heteroatoms. The van der Waals surface area contributed by atoms with Crippen molar-refractivity contribution in [3.05, 3.63) is 28.2 Å². The Kier molecular flexibility index (Phi) is 4.74. The molecule has 2 atom stereocenters. The number of rotatable bonds is 2. The zero-order valence-corrected chi connectivity index (χ0v) is 13.4. The van der Waals surface area contributed by atoms with Crippen molar-refractivity contribution in [2.45, 2.75) is 18.7 Å². The summed E-state index contributed by atoms with van der Waals surface area (Å²) in [6.07, 6.45) is 0.853. The van der Waals surface area contributed by atoms with Crippen molar-refractivity contribution in [1.82, 2.24) is 4.90 Å². The van der Waals surface area contributed by atoms with Crippen LogP contribution in [0.4, 0.5) is 0 Å². The first-order valence-corrected chi connectivity index (χ1v) is 7.52. The van der Waals surface area contributed by atoms with Gasteiger partial charge in [0.2, 0.25) is 0 Å². The van der Waals surface area contributed by atoms with Crippen molar-refractivity contribution >= 4 is 33.4 Å². The van der Waals surface area contributed by atoms with E-state index in [-0.39, 0.29) is 11.3 Å². The third kappa shape index (κ3) is 3.23. The Morgan fingerprint density at radius 1 is 1.53 bits per heavy atom. The predicted molar refractivity (Wildman–Crippen MR) is 80.0 cm³/mol. The van der Waals surface area contributed by atoms with Crippen LogP contribution >= 0.6 is 27.5 Å². The second-order valence-electron chi connectivity index (χ2n) is 4.88. The normalized spacial score (nSPS) is 23.3. The van der Waals surface area contributed by atoms with Crippen LogP contribution in [0.5, 0.6) is 5.75 Å². The van der Waals surface area contributed by atoms with Gasteiger partial charge in [-0.1, -0.05) is 6.92 Å². The summed E-state index contributed by atoms with van der Waals surface area (Å²) in [4.78, 5) is 14.3. The highest BCUT2D eigenvalue weighted by molar-refractivity contribution is 9.10. The zero-order chi connectivity index (χ0) is 14.0. The molecule has 0 spiro atoms. The lowest BCUT2D eigenvalue weighted by atomic mass is 9.99. The van der Waals surface area contributed by atoms with Gasteiger partial charge in [-0.25, -0.2) is 0 Å². The molecule has 2 rings (SSSR count). The molecule has 104 valence electrons. The Labute approximate surface area is 127 Å². The van der Waals surface area contributed by atoms with Gasteiger partial charge in [0.1, 0.15) is 5.75 Å². The van der Waals surface area contributed by atoms with Crippen molar-refractivity contribution in [3.63, 3.8) is 0 Å². The van der Waals surface area contributed by atoms with Crippen LogP contribution in [0, 0.1) is 5.92 Å². The summed E-state index contributed by atoms with van der Waals surface area (Å²) in [7, 11) is 1.61. The minimum Gasteiger partial charge on any atom is -0.496 e. The highest BCUT2D eigenvalue weighted by atomic mass is 79.9. The van der Waals surface area contributed by atoms with E-state index < -0.39 is 0 Å². The number of ether oxygens (including phenoxy) is 1. The Balaban J connectivity index is 2.13. The highest BCUT2D eigenvalue weighted by Gasteiger charge is 2.27. The van der Waals surface area contributed by atoms with Gasteiger partial charge in [-0.15, -0.1) is 11.6 Å². The summed E-state index contributed by atoms with van der Waals surface area (Å²) in [6, 6.07) is 5.40. The summed E-state index contributed by atoms with van der Waals surface area (Å²) in [5, 5.41) is 0.173. The number of nitrogens with zero attached hydrogens (tertiary/aromatic N) is 1. The first-order chi connectivity index (χ1) is 9.02. The molecule has 0 bridgehead atoms. The van der Waals surface area contributed by atoms with E-state index in [0.29, 0.717) is 11.5 Å². The van der Waals surface area contributed by atoms with E-state index in [2.05, 4.69) is 22.9 Å². The Morgan fingerprint density at radius 3 is 2.84 bits per heavy atom. The Morgan fingerprint density at radius 2 is 2.26 bits per heavy atom. The number of hydrogen-bond acceptors (Lipinski definition) is 2. The van der Waals surface area contributed by atoms with E-state index in [1.807, 2.05) is 4.90 Å². The van der Waals surface area contributed by atoms with Crippen LogP contribution in [0.3, 0.4) is 0 Å². The fourth-order valence-corrected chi connectivity index (χ4v) is 3.00. The smallest absolute Gasteiger partial charge is 0.253 e. The lowest BCUT2D eigenvalue weighted by Gasteiger charge is -2.34. The lowest BCUT2D eigenvalue weighted by molar-refractivity contribution is 0.0687. The summed E-state index contributed by atoms with van der Waals surface area (Å²) in [5.41, 5.74) is 0.674. The average molecular weight is 347 g/mol. The third-order valence-electron chi connectivity index (χ3n) is 3.49. The molecule has 1 saturated heterocycles. The largest absolute Gasteiger partial charge is 0.496 e. The van der Waals surface area contributed by atoms with Crippen molar-refractivity contribution < 1.29 is 9.53 Å². The Bertz CT molecular complexity index is 481. The number of piperidine rings is 1. The van der Waals surface area contributed by atoms with Gasteiger partial charge in [0, 0.05) is 24.0 Å². The van der Waals surface area contributed by atoms with Crippen molar-refractivity contribution in [2.24, 2.45) is 5.92 Å². The predicted octanol–water partition coefficient (Wildman–Crippen LogP) is 3.55. The topological polar surface area (TPSA) is 29.5 Å². The highest BCUT2D eigenvalue weighted by Crippen LogP contribution is 2.27. The Hall–Kier alpha value is -0.740. The van der Waals surface area contributed by atoms with E-state index >= 15 is 0 Å². The maximum Gasteiger partial charge on any atom is 0.253 e. The van der Waals surface area contributed by atoms with E-state index in [9.17, 15) is 4.79 Å². The van der Waals surface area contributed by atoms with Crippen LogP contribution in [0.2, 0.25) is 0 Å². The summed E-state index contributed by atoms with van der Waals surface area (Å²) in [5.74, 6) is 1.12. The van der Waals surface area contributed by atoms with Gasteiger partial charge in [0.15, 0.2) is 0 Å². The second kappa shape index (κ2) is 6.14. The summed E-state index contributed by atoms with van der Waals surface area (Å²) < 4.78 is 5.96. The quantitative estimate of drug-likeness (QED) is 0.767. The molecule has 1 aromatic carbocycles. The van der Waals surface area contributed by atoms with Gasteiger partial charge in [0.05, 0.1) is 11.6 Å². The molecule has 0 saturated carbocycles. The third-order valence-corrected chi connectivity index (χ3v) is 4.75. The average Bonchev–Trinajstić information content (AvgIpc) is 2.41. The molecule has 1 fully saturated rings. The van der Waals surface area contributed by atoms with Crippen molar-refractivity contribution in [1.29, 1.82) is 0 Å². The molecule has 19 heavy (non-hydrogen) atoms. The number of likely N-dealkylation sites (tertiary alicyclic amines) is 1. The molecule has 0 N–H and O–H groups in total. The number of carbonyl (C=O) groups is 1. The van der Waals surface area contributed by atoms with Crippen LogP contribution in [0.15, 0.2) is 22.7 Å². The molecular formula is C14H17BrClNO2. The number of carbonyl (C=O) groups excluding carboxylic acids is 1. The number of amides is 1. The fourth-order valence-electron chi connectivity index (χ4n) is 2.28. The standard InChI is InChI=1S/C14H17BrClNO2/c1-9-8-17(6-5-12(9)16)14(18)10-3-4-13(19-2)11(15)7-10/h3-4,7,9,12H,5-6,8H2,1-2H3. The van der Waals surface area contributed by atoms with Gasteiger partial charge in [-0.3, -0.25) is 4.79 Å². The fraction of sp³-hybridized carbons (Fsp3) is 0.500. The van der Waals surface area contributed by atoms with E-state index in [0.717, 1.165) is 29.7 Å². The van der Waals surface area contributed by atoms with Gasteiger partial charge in [-0.2, -0.15) is 0 Å². The number of hydrogen-bond donors (Lipinski definition) is 0. The molecule has 1 heterocycles. The minimum absolute atomic E-state index is 0.0544. The molecule has 0 aromatic heterocycles. The summed E-state index contributed by atoms with van der Waals surface area (Å²) in [6.45, 7) is 3.53. The molecule has 0 aliphatic carbocycles. The molecule has 0 radical (unpaired) electrons. The minimum atomic E-state index is 0.0544. The van der Waals surface area contributed by atoms with Crippen LogP contribution < -0.4 is 4.74 Å². The van der Waals surface area contributed by atoms with Crippen LogP contribution in [0.25, 0.3) is 0 Å². The van der Waals surface area contributed by atoms with Crippen LogP contribution in [-0.2, 0) is 0 Å². The monoisotopic (exact) mass is 345 g/mol. The molecule has 3 nitrogen and oxygen atoms in total. The zero-order valence-electron chi connectivity index (χ0n) is 11.0. The lowest BCUT2D eigenvalue weighted by Crippen LogP contribution is -2.43. The molecule has 1 aliphatic heterocycles. The number of benzene rings is 1. The molecule has 1 amide bonds. The van der Waals surface area contributed by atoms with Gasteiger partial charge in [0.25, 0.3) is 5.91 Å². The number of methoxy groups -OCH3 is 1. The molecular weight excluding hydrogens is 330 g/mol. The number of alkyl halides is 1. The molecule has 1 aliphatic rings. The SMILES string of the molecule is COc1ccc(C(=O)N2CCC(Cl)C(C)C2)cc1Br. The summed E-state index contributed by atoms with van der Waals surface area (Å²) >= 11 is 9.59. The van der Waals surface area contributed by atoms with Crippen LogP contribution in [0.1, 0.15) is 23.7 Å². The van der Waals surface area contributed by atoms with Crippen molar-refractivity contribution in [2.75, 3.05) is 20.2 Å². The second-order valence-corrected chi connectivity index (χ2v) is 6.30. The first kappa shape index (κ1) is 14.7. The van der Waals surface area contributed by atoms with E-state index in [1.54, 1.807) is 25.3 Å². The van der Waals surface area contributed by atoms with Gasteiger partial charge < -0.3 is 9.64 Å². The van der Waals surface area contributed by atoms with E-state index in [1.165, 1.54) is 0 Å². The maximum absolute atomic E-state index is 12.4. The van der Waals surface area contributed by atoms with E-state index in [4.69, 9.17) is 16.3 Å². The van der Waals surface area contributed by atoms with Gasteiger partial charge in [-0.05, 0) is 46.5 Å². The number of halogens is 2. The van der Waals surface area contributed by atoms with Crippen LogP contribution in [-0.4, -0.2) is 36.4 Å². The molecule has 2 unspecified atom stereocenters. The molecule has 1 aromatic rings.